The van der Waals surface area contributed by atoms with Gasteiger partial charge in [-0.1, -0.05) is 13.0 Å². The molecule has 1 fully saturated rings. The SMILES string of the molecule is CCN1CCN(c2ccc(NC(=O)c3ccc4cc(Br)cnc4c3)cc2F)CC1. The molecule has 7 heteroatoms. The highest BCUT2D eigenvalue weighted by Gasteiger charge is 2.19. The first-order valence-electron chi connectivity index (χ1n) is 9.67. The van der Waals surface area contributed by atoms with Gasteiger partial charge >= 0.3 is 0 Å². The summed E-state index contributed by atoms with van der Waals surface area (Å²) in [5.41, 5.74) is 2.23. The van der Waals surface area contributed by atoms with E-state index < -0.39 is 0 Å². The zero-order valence-corrected chi connectivity index (χ0v) is 17.7. The number of hydrogen-bond donors (Lipinski definition) is 1. The molecule has 3 aromatic rings. The lowest BCUT2D eigenvalue weighted by molar-refractivity contribution is 0.102. The van der Waals surface area contributed by atoms with Crippen LogP contribution >= 0.6 is 15.9 Å². The van der Waals surface area contributed by atoms with Crippen LogP contribution in [0.3, 0.4) is 0 Å². The van der Waals surface area contributed by atoms with Crippen molar-refractivity contribution in [3.63, 3.8) is 0 Å². The van der Waals surface area contributed by atoms with E-state index in [1.54, 1.807) is 30.5 Å². The summed E-state index contributed by atoms with van der Waals surface area (Å²) in [7, 11) is 0. The highest BCUT2D eigenvalue weighted by atomic mass is 79.9. The molecule has 0 atom stereocenters. The summed E-state index contributed by atoms with van der Waals surface area (Å²) >= 11 is 3.39. The zero-order valence-electron chi connectivity index (χ0n) is 16.2. The summed E-state index contributed by atoms with van der Waals surface area (Å²) in [6.07, 6.45) is 1.69. The van der Waals surface area contributed by atoms with Crippen LogP contribution in [-0.2, 0) is 0 Å². The molecule has 1 amide bonds. The highest BCUT2D eigenvalue weighted by molar-refractivity contribution is 9.10. The topological polar surface area (TPSA) is 48.5 Å². The Balaban J connectivity index is 1.47. The predicted octanol–water partition coefficient (Wildman–Crippen LogP) is 4.53. The number of halogens is 2. The molecule has 4 rings (SSSR count). The lowest BCUT2D eigenvalue weighted by Crippen LogP contribution is -2.46. The minimum Gasteiger partial charge on any atom is -0.367 e. The van der Waals surface area contributed by atoms with Crippen molar-refractivity contribution in [2.75, 3.05) is 42.9 Å². The maximum Gasteiger partial charge on any atom is 0.255 e. The van der Waals surface area contributed by atoms with E-state index in [4.69, 9.17) is 0 Å². The molecule has 1 saturated heterocycles. The van der Waals surface area contributed by atoms with E-state index in [0.717, 1.165) is 48.1 Å². The fourth-order valence-electron chi connectivity index (χ4n) is 3.59. The first-order chi connectivity index (χ1) is 14.0. The van der Waals surface area contributed by atoms with Gasteiger partial charge in [-0.3, -0.25) is 9.78 Å². The lowest BCUT2D eigenvalue weighted by Gasteiger charge is -2.35. The zero-order chi connectivity index (χ0) is 20.4. The van der Waals surface area contributed by atoms with Crippen molar-refractivity contribution in [3.05, 3.63) is 64.5 Å². The van der Waals surface area contributed by atoms with Gasteiger partial charge in [-0.15, -0.1) is 0 Å². The average Bonchev–Trinajstić information content (AvgIpc) is 2.73. The van der Waals surface area contributed by atoms with Crippen molar-refractivity contribution in [2.24, 2.45) is 0 Å². The number of amides is 1. The minimum absolute atomic E-state index is 0.291. The molecule has 29 heavy (non-hydrogen) atoms. The van der Waals surface area contributed by atoms with Gasteiger partial charge in [0.25, 0.3) is 5.91 Å². The Bertz CT molecular complexity index is 1050. The van der Waals surface area contributed by atoms with E-state index in [9.17, 15) is 9.18 Å². The van der Waals surface area contributed by atoms with Gasteiger partial charge in [0, 0.05) is 53.5 Å². The second kappa shape index (κ2) is 8.47. The molecule has 0 saturated carbocycles. The monoisotopic (exact) mass is 456 g/mol. The van der Waals surface area contributed by atoms with E-state index >= 15 is 0 Å². The van der Waals surface area contributed by atoms with Gasteiger partial charge in [0.2, 0.25) is 0 Å². The molecule has 0 unspecified atom stereocenters. The fraction of sp³-hybridized carbons (Fsp3) is 0.273. The van der Waals surface area contributed by atoms with Crippen LogP contribution in [0.1, 0.15) is 17.3 Å². The quantitative estimate of drug-likeness (QED) is 0.626. The van der Waals surface area contributed by atoms with Crippen LogP contribution in [0, 0.1) is 5.82 Å². The third-order valence-electron chi connectivity index (χ3n) is 5.28. The number of carbonyl (C=O) groups excluding carboxylic acids is 1. The number of rotatable bonds is 4. The number of piperazine rings is 1. The Morgan fingerprint density at radius 1 is 1.14 bits per heavy atom. The molecule has 150 valence electrons. The molecule has 5 nitrogen and oxygen atoms in total. The van der Waals surface area contributed by atoms with Crippen LogP contribution in [0.25, 0.3) is 10.9 Å². The molecule has 2 heterocycles. The molecule has 2 aromatic carbocycles. The van der Waals surface area contributed by atoms with Crippen LogP contribution in [0.2, 0.25) is 0 Å². The molecule has 0 bridgehead atoms. The number of fused-ring (bicyclic) bond motifs is 1. The van der Waals surface area contributed by atoms with Gasteiger partial charge in [-0.25, -0.2) is 4.39 Å². The Kier molecular flexibility index (Phi) is 5.78. The maximum atomic E-state index is 14.7. The Hall–Kier alpha value is -2.51. The number of benzene rings is 2. The predicted molar refractivity (Wildman–Crippen MR) is 118 cm³/mol. The average molecular weight is 457 g/mol. The number of nitrogens with zero attached hydrogens (tertiary/aromatic N) is 3. The molecule has 0 radical (unpaired) electrons. The second-order valence-corrected chi connectivity index (χ2v) is 8.02. The van der Waals surface area contributed by atoms with Crippen molar-refractivity contribution in [1.82, 2.24) is 9.88 Å². The van der Waals surface area contributed by atoms with E-state index in [2.05, 4.69) is 43.0 Å². The standard InChI is InChI=1S/C22H22BrFN4O/c1-2-27-7-9-28(10-8-27)21-6-5-18(13-19(21)24)26-22(29)16-4-3-15-11-17(23)14-25-20(15)12-16/h3-6,11-14H,2,7-10H2,1H3,(H,26,29). The number of carbonyl (C=O) groups is 1. The molecule has 1 N–H and O–H groups in total. The molecule has 1 aliphatic rings. The number of nitrogens with one attached hydrogen (secondary N) is 1. The van der Waals surface area contributed by atoms with Crippen LogP contribution in [0.15, 0.2) is 53.1 Å². The van der Waals surface area contributed by atoms with Gasteiger partial charge in [0.05, 0.1) is 11.2 Å². The first-order valence-corrected chi connectivity index (χ1v) is 10.5. The Morgan fingerprint density at radius 3 is 2.66 bits per heavy atom. The third kappa shape index (κ3) is 4.41. The normalized spacial score (nSPS) is 14.9. The van der Waals surface area contributed by atoms with Crippen LogP contribution in [0.4, 0.5) is 15.8 Å². The van der Waals surface area contributed by atoms with Crippen molar-refractivity contribution in [3.8, 4) is 0 Å². The Morgan fingerprint density at radius 2 is 1.93 bits per heavy atom. The van der Waals surface area contributed by atoms with E-state index in [1.165, 1.54) is 6.07 Å². The van der Waals surface area contributed by atoms with E-state index in [1.807, 2.05) is 12.1 Å². The van der Waals surface area contributed by atoms with Crippen molar-refractivity contribution in [1.29, 1.82) is 0 Å². The summed E-state index contributed by atoms with van der Waals surface area (Å²) in [6.45, 7) is 6.62. The second-order valence-electron chi connectivity index (χ2n) is 7.10. The smallest absolute Gasteiger partial charge is 0.255 e. The lowest BCUT2D eigenvalue weighted by atomic mass is 10.1. The summed E-state index contributed by atoms with van der Waals surface area (Å²) in [6, 6.07) is 12.1. The maximum absolute atomic E-state index is 14.7. The third-order valence-corrected chi connectivity index (χ3v) is 5.71. The highest BCUT2D eigenvalue weighted by Crippen LogP contribution is 2.25. The number of aromatic nitrogens is 1. The Labute approximate surface area is 177 Å². The number of hydrogen-bond acceptors (Lipinski definition) is 4. The van der Waals surface area contributed by atoms with Crippen LogP contribution in [0.5, 0.6) is 0 Å². The minimum atomic E-state index is -0.322. The van der Waals surface area contributed by atoms with Crippen molar-refractivity contribution in [2.45, 2.75) is 6.92 Å². The van der Waals surface area contributed by atoms with Crippen molar-refractivity contribution >= 4 is 44.1 Å². The van der Waals surface area contributed by atoms with E-state index in [-0.39, 0.29) is 11.7 Å². The summed E-state index contributed by atoms with van der Waals surface area (Å²) in [5.74, 6) is -0.613. The summed E-state index contributed by atoms with van der Waals surface area (Å²) < 4.78 is 15.6. The number of anilines is 2. The van der Waals surface area contributed by atoms with E-state index in [0.29, 0.717) is 16.9 Å². The molecule has 0 spiro atoms. The van der Waals surface area contributed by atoms with Gasteiger partial charge in [-0.2, -0.15) is 0 Å². The summed E-state index contributed by atoms with van der Waals surface area (Å²) in [5, 5.41) is 3.72. The van der Waals surface area contributed by atoms with Gasteiger partial charge in [-0.05, 0) is 58.9 Å². The van der Waals surface area contributed by atoms with Gasteiger partial charge in [0.15, 0.2) is 0 Å². The van der Waals surface area contributed by atoms with Gasteiger partial charge < -0.3 is 15.1 Å². The van der Waals surface area contributed by atoms with Crippen LogP contribution < -0.4 is 10.2 Å². The fourth-order valence-corrected chi connectivity index (χ4v) is 3.93. The molecule has 1 aliphatic heterocycles. The largest absolute Gasteiger partial charge is 0.367 e. The summed E-state index contributed by atoms with van der Waals surface area (Å²) in [4.78, 5) is 21.3. The molecule has 1 aromatic heterocycles. The van der Waals surface area contributed by atoms with Crippen molar-refractivity contribution < 1.29 is 9.18 Å². The molecular formula is C22H22BrFN4O. The molecular weight excluding hydrogens is 435 g/mol. The van der Waals surface area contributed by atoms with Crippen LogP contribution in [-0.4, -0.2) is 48.5 Å². The number of likely N-dealkylation sites (N-methyl/N-ethyl adjacent to an activating group) is 1. The van der Waals surface area contributed by atoms with Gasteiger partial charge in [0.1, 0.15) is 5.82 Å². The first kappa shape index (κ1) is 19.8. The number of pyridine rings is 1. The molecule has 0 aliphatic carbocycles.